The Bertz CT molecular complexity index is 1080. The van der Waals surface area contributed by atoms with Crippen LogP contribution in [0.1, 0.15) is 11.1 Å². The molecule has 0 saturated heterocycles. The van der Waals surface area contributed by atoms with Gasteiger partial charge in [0.1, 0.15) is 5.75 Å². The molecule has 4 nitrogen and oxygen atoms in total. The molecule has 4 rings (SSSR count). The summed E-state index contributed by atoms with van der Waals surface area (Å²) < 4.78 is 11.2. The molecule has 0 fully saturated rings. The van der Waals surface area contributed by atoms with Crippen molar-refractivity contribution in [1.82, 2.24) is 4.98 Å². The van der Waals surface area contributed by atoms with Crippen LogP contribution in [0.25, 0.3) is 11.5 Å². The van der Waals surface area contributed by atoms with Crippen LogP contribution in [0.15, 0.2) is 99.4 Å². The first-order valence-electron chi connectivity index (χ1n) is 9.23. The van der Waals surface area contributed by atoms with Crippen LogP contribution in [-0.4, -0.2) is 18.3 Å². The monoisotopic (exact) mass is 400 g/mol. The minimum absolute atomic E-state index is 0.520. The zero-order chi connectivity index (χ0) is 19.9. The van der Waals surface area contributed by atoms with E-state index in [2.05, 4.69) is 17.1 Å². The summed E-state index contributed by atoms with van der Waals surface area (Å²) in [6, 6.07) is 27.8. The van der Waals surface area contributed by atoms with E-state index in [0.29, 0.717) is 11.8 Å². The van der Waals surface area contributed by atoms with E-state index in [-0.39, 0.29) is 0 Å². The van der Waals surface area contributed by atoms with Gasteiger partial charge in [0.15, 0.2) is 5.03 Å². The van der Waals surface area contributed by atoms with Crippen molar-refractivity contribution >= 4 is 23.9 Å². The Balaban J connectivity index is 1.59. The highest BCUT2D eigenvalue weighted by Crippen LogP contribution is 2.35. The molecule has 0 unspecified atom stereocenters. The Labute approximate surface area is 174 Å². The summed E-state index contributed by atoms with van der Waals surface area (Å²) in [4.78, 5) is 9.27. The lowest BCUT2D eigenvalue weighted by molar-refractivity contribution is 0.414. The summed E-state index contributed by atoms with van der Waals surface area (Å²) in [6.07, 6.45) is 1.80. The third-order valence-electron chi connectivity index (χ3n) is 4.27. The first kappa shape index (κ1) is 19.0. The van der Waals surface area contributed by atoms with E-state index < -0.39 is 0 Å². The molecular formula is C24H20N2O2S. The largest absolute Gasteiger partial charge is 0.497 e. The van der Waals surface area contributed by atoms with Crippen LogP contribution in [0.2, 0.25) is 0 Å². The van der Waals surface area contributed by atoms with Crippen LogP contribution in [-0.2, 0) is 5.75 Å². The summed E-state index contributed by atoms with van der Waals surface area (Å²) in [5.74, 6) is 2.70. The lowest BCUT2D eigenvalue weighted by atomic mass is 10.2. The molecule has 4 aromatic rings. The quantitative estimate of drug-likeness (QED) is 0.266. The van der Waals surface area contributed by atoms with Crippen molar-refractivity contribution in [3.63, 3.8) is 0 Å². The second-order valence-corrected chi connectivity index (χ2v) is 7.27. The van der Waals surface area contributed by atoms with E-state index >= 15 is 0 Å². The van der Waals surface area contributed by atoms with Crippen molar-refractivity contribution in [2.45, 2.75) is 10.8 Å². The lowest BCUT2D eigenvalue weighted by Gasteiger charge is -2.02. The zero-order valence-corrected chi connectivity index (χ0v) is 16.8. The van der Waals surface area contributed by atoms with Gasteiger partial charge < -0.3 is 9.15 Å². The lowest BCUT2D eigenvalue weighted by Crippen LogP contribution is -1.85. The van der Waals surface area contributed by atoms with Gasteiger partial charge in [-0.05, 0) is 35.4 Å². The minimum atomic E-state index is 0.520. The predicted molar refractivity (Wildman–Crippen MR) is 118 cm³/mol. The molecular weight excluding hydrogens is 380 g/mol. The summed E-state index contributed by atoms with van der Waals surface area (Å²) in [5, 5.41) is 0.770. The molecule has 0 atom stereocenters. The van der Waals surface area contributed by atoms with Gasteiger partial charge in [-0.2, -0.15) is 0 Å². The first-order chi connectivity index (χ1) is 14.3. The van der Waals surface area contributed by atoms with Crippen molar-refractivity contribution < 1.29 is 9.15 Å². The fraction of sp³-hybridized carbons (Fsp3) is 0.0833. The number of hydrogen-bond donors (Lipinski definition) is 0. The Morgan fingerprint density at radius 3 is 2.31 bits per heavy atom. The highest BCUT2D eigenvalue weighted by molar-refractivity contribution is 7.98. The molecule has 0 N–H and O–H groups in total. The van der Waals surface area contributed by atoms with Crippen LogP contribution in [0.3, 0.4) is 0 Å². The number of rotatable bonds is 7. The van der Waals surface area contributed by atoms with Crippen LogP contribution in [0.4, 0.5) is 5.88 Å². The highest BCUT2D eigenvalue weighted by atomic mass is 32.2. The number of aromatic nitrogens is 1. The van der Waals surface area contributed by atoms with Crippen LogP contribution >= 0.6 is 11.8 Å². The molecule has 3 aromatic carbocycles. The maximum atomic E-state index is 6.00. The van der Waals surface area contributed by atoms with Crippen molar-refractivity contribution in [3.8, 4) is 17.2 Å². The van der Waals surface area contributed by atoms with Crippen molar-refractivity contribution in [2.75, 3.05) is 7.11 Å². The molecule has 0 aliphatic carbocycles. The number of nitrogens with zero attached hydrogens (tertiary/aromatic N) is 2. The van der Waals surface area contributed by atoms with Crippen LogP contribution < -0.4 is 4.74 Å². The average Bonchev–Trinajstić information content (AvgIpc) is 3.21. The standard InChI is InChI=1S/C24H20N2O2S/c1-27-21-14-12-19(13-15-21)17-29-24-23(25-16-18-8-4-2-5-9-18)28-22(26-24)20-10-6-3-7-11-20/h2-16H,17H2,1H3/b25-16+. The molecule has 0 bridgehead atoms. The summed E-state index contributed by atoms with van der Waals surface area (Å²) in [5.41, 5.74) is 3.12. The number of aliphatic imine (C=N–C) groups is 1. The molecule has 0 saturated carbocycles. The normalized spacial score (nSPS) is 11.1. The number of ether oxygens (including phenoxy) is 1. The second kappa shape index (κ2) is 9.26. The van der Waals surface area contributed by atoms with Gasteiger partial charge in [0.05, 0.1) is 7.11 Å². The van der Waals surface area contributed by atoms with E-state index in [0.717, 1.165) is 27.7 Å². The maximum Gasteiger partial charge on any atom is 0.254 e. The Kier molecular flexibility index (Phi) is 6.07. The Morgan fingerprint density at radius 2 is 1.62 bits per heavy atom. The summed E-state index contributed by atoms with van der Waals surface area (Å²) in [7, 11) is 1.67. The molecule has 0 amide bonds. The Hall–Kier alpha value is -3.31. The summed E-state index contributed by atoms with van der Waals surface area (Å²) in [6.45, 7) is 0. The predicted octanol–water partition coefficient (Wildman–Crippen LogP) is 6.39. The number of hydrogen-bond acceptors (Lipinski definition) is 5. The third-order valence-corrected chi connectivity index (χ3v) is 5.28. The molecule has 5 heteroatoms. The Morgan fingerprint density at radius 1 is 0.931 bits per heavy atom. The minimum Gasteiger partial charge on any atom is -0.497 e. The molecule has 144 valence electrons. The van der Waals surface area contributed by atoms with E-state index in [1.54, 1.807) is 25.1 Å². The second-order valence-electron chi connectivity index (χ2n) is 6.30. The van der Waals surface area contributed by atoms with Gasteiger partial charge in [-0.15, -0.1) is 0 Å². The molecule has 1 aromatic heterocycles. The molecule has 0 radical (unpaired) electrons. The molecule has 29 heavy (non-hydrogen) atoms. The van der Waals surface area contributed by atoms with Crippen LogP contribution in [0.5, 0.6) is 5.75 Å². The van der Waals surface area contributed by atoms with Gasteiger partial charge in [0.2, 0.25) is 5.89 Å². The zero-order valence-electron chi connectivity index (χ0n) is 16.0. The van der Waals surface area contributed by atoms with Crippen molar-refractivity contribution in [2.24, 2.45) is 4.99 Å². The van der Waals surface area contributed by atoms with Crippen molar-refractivity contribution in [3.05, 3.63) is 96.1 Å². The number of methoxy groups -OCH3 is 1. The van der Waals surface area contributed by atoms with Gasteiger partial charge in [-0.1, -0.05) is 72.4 Å². The SMILES string of the molecule is COc1ccc(CSc2nc(-c3ccccc3)oc2/N=C/c2ccccc2)cc1. The van der Waals surface area contributed by atoms with Crippen molar-refractivity contribution in [1.29, 1.82) is 0 Å². The maximum absolute atomic E-state index is 6.00. The number of oxazole rings is 1. The van der Waals surface area contributed by atoms with Gasteiger partial charge in [0.25, 0.3) is 5.88 Å². The van der Waals surface area contributed by atoms with Gasteiger partial charge >= 0.3 is 0 Å². The fourth-order valence-corrected chi connectivity index (χ4v) is 3.58. The molecule has 1 heterocycles. The highest BCUT2D eigenvalue weighted by Gasteiger charge is 2.14. The van der Waals surface area contributed by atoms with Gasteiger partial charge in [-0.3, -0.25) is 0 Å². The number of benzene rings is 3. The first-order valence-corrected chi connectivity index (χ1v) is 10.2. The average molecular weight is 401 g/mol. The van der Waals surface area contributed by atoms with E-state index in [4.69, 9.17) is 14.1 Å². The van der Waals surface area contributed by atoms with E-state index in [1.807, 2.05) is 72.8 Å². The fourth-order valence-electron chi connectivity index (χ4n) is 2.72. The summed E-state index contributed by atoms with van der Waals surface area (Å²) >= 11 is 1.60. The third kappa shape index (κ3) is 4.95. The van der Waals surface area contributed by atoms with Gasteiger partial charge in [-0.25, -0.2) is 9.98 Å². The number of thioether (sulfide) groups is 1. The van der Waals surface area contributed by atoms with Gasteiger partial charge in [0, 0.05) is 17.5 Å². The van der Waals surface area contributed by atoms with E-state index in [1.165, 1.54) is 5.56 Å². The molecule has 0 aliphatic rings. The van der Waals surface area contributed by atoms with Crippen LogP contribution in [0, 0.1) is 0 Å². The van der Waals surface area contributed by atoms with E-state index in [9.17, 15) is 0 Å². The topological polar surface area (TPSA) is 47.6 Å². The smallest absolute Gasteiger partial charge is 0.254 e. The molecule has 0 aliphatic heterocycles. The molecule has 0 spiro atoms.